The van der Waals surface area contributed by atoms with Crippen molar-refractivity contribution < 1.29 is 9.63 Å². The van der Waals surface area contributed by atoms with Gasteiger partial charge in [-0.25, -0.2) is 0 Å². The van der Waals surface area contributed by atoms with Crippen LogP contribution in [0.25, 0.3) is 11.5 Å². The van der Waals surface area contributed by atoms with E-state index in [1.165, 1.54) is 6.07 Å². The molecular weight excluding hydrogens is 218 g/mol. The van der Waals surface area contributed by atoms with Crippen molar-refractivity contribution in [2.45, 2.75) is 26.2 Å². The van der Waals surface area contributed by atoms with Crippen molar-refractivity contribution in [2.24, 2.45) is 0 Å². The first-order valence-electron chi connectivity index (χ1n) is 5.62. The summed E-state index contributed by atoms with van der Waals surface area (Å²) >= 11 is 0. The van der Waals surface area contributed by atoms with Crippen molar-refractivity contribution in [3.05, 3.63) is 24.0 Å². The molecule has 2 aromatic rings. The van der Waals surface area contributed by atoms with E-state index < -0.39 is 0 Å². The summed E-state index contributed by atoms with van der Waals surface area (Å²) in [6.07, 6.45) is 2.94. The highest BCUT2D eigenvalue weighted by Crippen LogP contribution is 2.26. The van der Waals surface area contributed by atoms with Gasteiger partial charge in [-0.15, -0.1) is 0 Å². The van der Waals surface area contributed by atoms with Crippen LogP contribution in [0.2, 0.25) is 0 Å². The van der Waals surface area contributed by atoms with E-state index in [0.29, 0.717) is 17.4 Å². The van der Waals surface area contributed by atoms with Gasteiger partial charge >= 0.3 is 0 Å². The van der Waals surface area contributed by atoms with Crippen LogP contribution >= 0.6 is 0 Å². The van der Waals surface area contributed by atoms with E-state index in [4.69, 9.17) is 10.3 Å². The molecule has 1 aromatic heterocycles. The Labute approximate surface area is 99.3 Å². The zero-order chi connectivity index (χ0) is 12.3. The molecule has 2 rings (SSSR count). The summed E-state index contributed by atoms with van der Waals surface area (Å²) in [5.41, 5.74) is 6.62. The molecule has 17 heavy (non-hydrogen) atoms. The Morgan fingerprint density at radius 3 is 2.94 bits per heavy atom. The molecule has 0 unspecified atom stereocenters. The number of unbranched alkanes of at least 4 members (excludes halogenated alkanes) is 1. The van der Waals surface area contributed by atoms with Crippen LogP contribution in [0.3, 0.4) is 0 Å². The number of rotatable bonds is 4. The number of phenols is 1. The predicted molar refractivity (Wildman–Crippen MR) is 64.4 cm³/mol. The molecule has 0 atom stereocenters. The largest absolute Gasteiger partial charge is 0.506 e. The van der Waals surface area contributed by atoms with Crippen LogP contribution < -0.4 is 5.73 Å². The summed E-state index contributed by atoms with van der Waals surface area (Å²) in [6, 6.07) is 4.83. The predicted octanol–water partition coefficient (Wildman–Crippen LogP) is 2.37. The van der Waals surface area contributed by atoms with Crippen LogP contribution in [0.5, 0.6) is 5.75 Å². The molecular formula is C12H15N3O2. The lowest BCUT2D eigenvalue weighted by molar-refractivity contribution is 0.421. The molecule has 0 spiro atoms. The van der Waals surface area contributed by atoms with Crippen LogP contribution in [0.15, 0.2) is 22.7 Å². The Kier molecular flexibility index (Phi) is 3.27. The molecule has 1 heterocycles. The number of hydrogen-bond donors (Lipinski definition) is 2. The van der Waals surface area contributed by atoms with Crippen LogP contribution in [0.1, 0.15) is 25.6 Å². The minimum atomic E-state index is 0.0551. The molecule has 0 saturated heterocycles. The summed E-state index contributed by atoms with van der Waals surface area (Å²) in [7, 11) is 0. The standard InChI is InChI=1S/C12H15N3O2/c1-2-3-4-11-14-12(17-15-11)8-5-6-10(16)9(13)7-8/h5-7,16H,2-4,13H2,1H3. The highest BCUT2D eigenvalue weighted by Gasteiger charge is 2.09. The lowest BCUT2D eigenvalue weighted by Gasteiger charge is -1.99. The van der Waals surface area contributed by atoms with E-state index in [9.17, 15) is 5.11 Å². The molecule has 0 radical (unpaired) electrons. The molecule has 90 valence electrons. The van der Waals surface area contributed by atoms with Crippen LogP contribution in [0, 0.1) is 0 Å². The van der Waals surface area contributed by atoms with Gasteiger partial charge in [-0.1, -0.05) is 18.5 Å². The maximum atomic E-state index is 9.32. The van der Waals surface area contributed by atoms with E-state index in [1.54, 1.807) is 12.1 Å². The average Bonchev–Trinajstić information content (AvgIpc) is 2.79. The molecule has 0 fully saturated rings. The third-order valence-electron chi connectivity index (χ3n) is 2.50. The quantitative estimate of drug-likeness (QED) is 0.625. The number of aromatic nitrogens is 2. The van der Waals surface area contributed by atoms with E-state index in [1.807, 2.05) is 0 Å². The minimum Gasteiger partial charge on any atom is -0.506 e. The lowest BCUT2D eigenvalue weighted by atomic mass is 10.2. The molecule has 3 N–H and O–H groups in total. The maximum absolute atomic E-state index is 9.32. The van der Waals surface area contributed by atoms with Gasteiger partial charge in [-0.05, 0) is 24.6 Å². The number of nitrogens with two attached hydrogens (primary N) is 1. The fourth-order valence-electron chi connectivity index (χ4n) is 1.50. The molecule has 0 bridgehead atoms. The number of hydrogen-bond acceptors (Lipinski definition) is 5. The first kappa shape index (κ1) is 11.4. The van der Waals surface area contributed by atoms with Gasteiger partial charge in [-0.2, -0.15) is 4.98 Å². The summed E-state index contributed by atoms with van der Waals surface area (Å²) in [4.78, 5) is 4.27. The molecule has 0 aliphatic rings. The van der Waals surface area contributed by atoms with Gasteiger partial charge in [0.1, 0.15) is 5.75 Å². The summed E-state index contributed by atoms with van der Waals surface area (Å²) < 4.78 is 5.14. The van der Waals surface area contributed by atoms with Gasteiger partial charge in [0.25, 0.3) is 5.89 Å². The number of aryl methyl sites for hydroxylation is 1. The molecule has 0 aliphatic heterocycles. The monoisotopic (exact) mass is 233 g/mol. The summed E-state index contributed by atoms with van der Waals surface area (Å²) in [5.74, 6) is 1.19. The zero-order valence-corrected chi connectivity index (χ0v) is 9.68. The first-order chi connectivity index (χ1) is 8.20. The number of nitrogens with zero attached hydrogens (tertiary/aromatic N) is 2. The first-order valence-corrected chi connectivity index (χ1v) is 5.62. The fourth-order valence-corrected chi connectivity index (χ4v) is 1.50. The number of benzene rings is 1. The number of phenolic OH excluding ortho intramolecular Hbond substituents is 1. The van der Waals surface area contributed by atoms with Crippen molar-refractivity contribution in [2.75, 3.05) is 5.73 Å². The summed E-state index contributed by atoms with van der Waals surface area (Å²) in [5, 5.41) is 13.2. The normalized spacial score (nSPS) is 10.6. The third kappa shape index (κ3) is 2.55. The second-order valence-electron chi connectivity index (χ2n) is 3.89. The summed E-state index contributed by atoms with van der Waals surface area (Å²) in [6.45, 7) is 2.11. The second kappa shape index (κ2) is 4.86. The Balaban J connectivity index is 2.21. The van der Waals surface area contributed by atoms with E-state index in [-0.39, 0.29) is 5.75 Å². The van der Waals surface area contributed by atoms with Crippen molar-refractivity contribution in [3.8, 4) is 17.2 Å². The van der Waals surface area contributed by atoms with Crippen molar-refractivity contribution >= 4 is 5.69 Å². The lowest BCUT2D eigenvalue weighted by Crippen LogP contribution is -1.88. The molecule has 5 heteroatoms. The van der Waals surface area contributed by atoms with Crippen molar-refractivity contribution in [3.63, 3.8) is 0 Å². The number of nitrogen functional groups attached to an aromatic ring is 1. The molecule has 0 aliphatic carbocycles. The van der Waals surface area contributed by atoms with Gasteiger partial charge in [-0.3, -0.25) is 0 Å². The zero-order valence-electron chi connectivity index (χ0n) is 9.68. The van der Waals surface area contributed by atoms with Gasteiger partial charge in [0.2, 0.25) is 0 Å². The van der Waals surface area contributed by atoms with E-state index in [0.717, 1.165) is 24.8 Å². The number of anilines is 1. The third-order valence-corrected chi connectivity index (χ3v) is 2.50. The van der Waals surface area contributed by atoms with Gasteiger partial charge in [0, 0.05) is 12.0 Å². The molecule has 5 nitrogen and oxygen atoms in total. The minimum absolute atomic E-state index is 0.0551. The van der Waals surface area contributed by atoms with Gasteiger partial charge in [0.15, 0.2) is 5.82 Å². The second-order valence-corrected chi connectivity index (χ2v) is 3.89. The van der Waals surface area contributed by atoms with Crippen LogP contribution in [0.4, 0.5) is 5.69 Å². The Morgan fingerprint density at radius 2 is 2.24 bits per heavy atom. The Bertz CT molecular complexity index is 508. The van der Waals surface area contributed by atoms with Crippen LogP contribution in [-0.4, -0.2) is 15.2 Å². The van der Waals surface area contributed by atoms with Gasteiger partial charge < -0.3 is 15.4 Å². The Morgan fingerprint density at radius 1 is 1.41 bits per heavy atom. The maximum Gasteiger partial charge on any atom is 0.257 e. The van der Waals surface area contributed by atoms with E-state index in [2.05, 4.69) is 17.1 Å². The Hall–Kier alpha value is -2.04. The number of aromatic hydroxyl groups is 1. The van der Waals surface area contributed by atoms with E-state index >= 15 is 0 Å². The topological polar surface area (TPSA) is 85.2 Å². The van der Waals surface area contributed by atoms with Crippen molar-refractivity contribution in [1.82, 2.24) is 10.1 Å². The molecule has 0 saturated carbocycles. The molecule has 1 aromatic carbocycles. The average molecular weight is 233 g/mol. The fraction of sp³-hybridized carbons (Fsp3) is 0.333. The highest BCUT2D eigenvalue weighted by atomic mass is 16.5. The smallest absolute Gasteiger partial charge is 0.257 e. The van der Waals surface area contributed by atoms with Crippen LogP contribution in [-0.2, 0) is 6.42 Å². The molecule has 0 amide bonds. The van der Waals surface area contributed by atoms with Gasteiger partial charge in [0.05, 0.1) is 5.69 Å². The SMILES string of the molecule is CCCCc1noc(-c2ccc(O)c(N)c2)n1. The van der Waals surface area contributed by atoms with Crippen molar-refractivity contribution in [1.29, 1.82) is 0 Å². The highest BCUT2D eigenvalue weighted by molar-refractivity contribution is 5.64.